The van der Waals surface area contributed by atoms with Crippen LogP contribution in [0.4, 0.5) is 0 Å². The summed E-state index contributed by atoms with van der Waals surface area (Å²) in [5.74, 6) is 0.310. The van der Waals surface area contributed by atoms with Crippen molar-refractivity contribution in [1.82, 2.24) is 4.98 Å². The van der Waals surface area contributed by atoms with Gasteiger partial charge in [0.1, 0.15) is 5.75 Å². The van der Waals surface area contributed by atoms with E-state index in [0.717, 1.165) is 37.4 Å². The largest absolute Gasteiger partial charge is 0.508 e. The van der Waals surface area contributed by atoms with Gasteiger partial charge in [0.05, 0.1) is 5.69 Å². The molecule has 3 nitrogen and oxygen atoms in total. The molecule has 0 unspecified atom stereocenters. The number of aromatic nitrogens is 1. The molecule has 0 atom stereocenters. The van der Waals surface area contributed by atoms with Crippen LogP contribution in [0.5, 0.6) is 5.75 Å². The number of aryl methyl sites for hydroxylation is 1. The zero-order valence-electron chi connectivity index (χ0n) is 9.29. The summed E-state index contributed by atoms with van der Waals surface area (Å²) >= 11 is 0. The Kier molecular flexibility index (Phi) is 2.65. The van der Waals surface area contributed by atoms with Crippen molar-refractivity contribution in [3.8, 4) is 5.75 Å². The minimum atomic E-state index is 0.0573. The molecule has 0 aliphatic carbocycles. The molecule has 1 aliphatic heterocycles. The van der Waals surface area contributed by atoms with E-state index in [4.69, 9.17) is 4.74 Å². The third kappa shape index (κ3) is 2.12. The second kappa shape index (κ2) is 3.81. The lowest BCUT2D eigenvalue weighted by Crippen LogP contribution is -2.31. The smallest absolute Gasteiger partial charge is 0.119 e. The maximum Gasteiger partial charge on any atom is 0.119 e. The Hall–Kier alpha value is -1.09. The predicted molar refractivity (Wildman–Crippen MR) is 58.0 cm³/mol. The molecule has 1 aliphatic rings. The molecular formula is C12H17NO2. The van der Waals surface area contributed by atoms with E-state index in [9.17, 15) is 5.11 Å². The Morgan fingerprint density at radius 1 is 1.33 bits per heavy atom. The number of rotatable bonds is 1. The summed E-state index contributed by atoms with van der Waals surface area (Å²) in [5.41, 5.74) is 1.92. The Bertz CT molecular complexity index is 336. The minimum absolute atomic E-state index is 0.0573. The van der Waals surface area contributed by atoms with Crippen LogP contribution in [0.2, 0.25) is 0 Å². The molecule has 2 heterocycles. The molecule has 0 amide bonds. The van der Waals surface area contributed by atoms with Gasteiger partial charge in [0.15, 0.2) is 0 Å². The van der Waals surface area contributed by atoms with Gasteiger partial charge < -0.3 is 9.84 Å². The standard InChI is InChI=1S/C12H17NO2/c1-9-7-10(14)8-11(13-9)12(2)3-5-15-6-4-12/h7-8H,3-6H2,1-2H3,(H,13,14). The highest BCUT2D eigenvalue weighted by Crippen LogP contribution is 2.34. The molecule has 1 aromatic heterocycles. The third-order valence-corrected chi connectivity index (χ3v) is 3.15. The lowest BCUT2D eigenvalue weighted by atomic mass is 9.79. The van der Waals surface area contributed by atoms with E-state index in [-0.39, 0.29) is 5.41 Å². The van der Waals surface area contributed by atoms with Crippen molar-refractivity contribution in [2.45, 2.75) is 32.1 Å². The molecule has 1 N–H and O–H groups in total. The van der Waals surface area contributed by atoms with Gasteiger partial charge in [-0.25, -0.2) is 0 Å². The van der Waals surface area contributed by atoms with Crippen LogP contribution >= 0.6 is 0 Å². The monoisotopic (exact) mass is 207 g/mol. The topological polar surface area (TPSA) is 42.4 Å². The average Bonchev–Trinajstić information content (AvgIpc) is 2.17. The van der Waals surface area contributed by atoms with Gasteiger partial charge in [0.2, 0.25) is 0 Å². The average molecular weight is 207 g/mol. The number of hydrogen-bond acceptors (Lipinski definition) is 3. The summed E-state index contributed by atoms with van der Waals surface area (Å²) in [4.78, 5) is 4.51. The minimum Gasteiger partial charge on any atom is -0.508 e. The van der Waals surface area contributed by atoms with E-state index >= 15 is 0 Å². The highest BCUT2D eigenvalue weighted by atomic mass is 16.5. The molecule has 3 heteroatoms. The Morgan fingerprint density at radius 2 is 2.00 bits per heavy atom. The Balaban J connectivity index is 2.34. The molecule has 0 bridgehead atoms. The van der Waals surface area contributed by atoms with Gasteiger partial charge in [-0.05, 0) is 19.8 Å². The van der Waals surface area contributed by atoms with Crippen LogP contribution in [0.25, 0.3) is 0 Å². The SMILES string of the molecule is Cc1cc(O)cc(C2(C)CCOCC2)n1. The maximum atomic E-state index is 9.57. The summed E-state index contributed by atoms with van der Waals surface area (Å²) in [6, 6.07) is 3.46. The fraction of sp³-hybridized carbons (Fsp3) is 0.583. The van der Waals surface area contributed by atoms with Crippen molar-refractivity contribution >= 4 is 0 Å². The van der Waals surface area contributed by atoms with Crippen molar-refractivity contribution in [2.75, 3.05) is 13.2 Å². The molecule has 0 aromatic carbocycles. The zero-order valence-corrected chi connectivity index (χ0v) is 9.29. The molecule has 2 rings (SSSR count). The van der Waals surface area contributed by atoms with Crippen LogP contribution in [-0.4, -0.2) is 23.3 Å². The summed E-state index contributed by atoms with van der Waals surface area (Å²) in [6.07, 6.45) is 1.95. The summed E-state index contributed by atoms with van der Waals surface area (Å²) < 4.78 is 5.36. The van der Waals surface area contributed by atoms with Gasteiger partial charge in [-0.2, -0.15) is 0 Å². The van der Waals surface area contributed by atoms with Crippen molar-refractivity contribution in [2.24, 2.45) is 0 Å². The van der Waals surface area contributed by atoms with Crippen LogP contribution < -0.4 is 0 Å². The number of ether oxygens (including phenoxy) is 1. The molecule has 0 radical (unpaired) electrons. The highest BCUT2D eigenvalue weighted by molar-refractivity contribution is 5.29. The van der Waals surface area contributed by atoms with Crippen LogP contribution in [0.15, 0.2) is 12.1 Å². The van der Waals surface area contributed by atoms with Gasteiger partial charge in [-0.3, -0.25) is 4.98 Å². The highest BCUT2D eigenvalue weighted by Gasteiger charge is 2.31. The lowest BCUT2D eigenvalue weighted by Gasteiger charge is -2.33. The second-order valence-electron chi connectivity index (χ2n) is 4.52. The fourth-order valence-electron chi connectivity index (χ4n) is 2.04. The Labute approximate surface area is 90.1 Å². The molecule has 82 valence electrons. The van der Waals surface area contributed by atoms with Crippen LogP contribution in [0.3, 0.4) is 0 Å². The van der Waals surface area contributed by atoms with Crippen molar-refractivity contribution in [1.29, 1.82) is 0 Å². The maximum absolute atomic E-state index is 9.57. The molecule has 15 heavy (non-hydrogen) atoms. The van der Waals surface area contributed by atoms with Crippen molar-refractivity contribution in [3.05, 3.63) is 23.5 Å². The second-order valence-corrected chi connectivity index (χ2v) is 4.52. The van der Waals surface area contributed by atoms with Crippen molar-refractivity contribution < 1.29 is 9.84 Å². The normalized spacial score (nSPS) is 20.1. The van der Waals surface area contributed by atoms with Gasteiger partial charge in [-0.15, -0.1) is 0 Å². The summed E-state index contributed by atoms with van der Waals surface area (Å²) in [7, 11) is 0. The van der Waals surface area contributed by atoms with E-state index in [0.29, 0.717) is 5.75 Å². The van der Waals surface area contributed by atoms with Gasteiger partial charge in [0.25, 0.3) is 0 Å². The molecule has 0 spiro atoms. The third-order valence-electron chi connectivity index (χ3n) is 3.15. The molecule has 1 fully saturated rings. The number of hydrogen-bond donors (Lipinski definition) is 1. The quantitative estimate of drug-likeness (QED) is 0.767. The number of nitrogens with zero attached hydrogens (tertiary/aromatic N) is 1. The van der Waals surface area contributed by atoms with E-state index in [1.807, 2.05) is 6.92 Å². The number of aromatic hydroxyl groups is 1. The van der Waals surface area contributed by atoms with Crippen LogP contribution in [0, 0.1) is 6.92 Å². The van der Waals surface area contributed by atoms with E-state index in [1.54, 1.807) is 12.1 Å². The van der Waals surface area contributed by atoms with Crippen LogP contribution in [-0.2, 0) is 10.2 Å². The first-order valence-corrected chi connectivity index (χ1v) is 5.36. The molecule has 1 aromatic rings. The van der Waals surface area contributed by atoms with E-state index in [1.165, 1.54) is 0 Å². The van der Waals surface area contributed by atoms with Gasteiger partial charge in [0, 0.05) is 36.5 Å². The molecule has 0 saturated carbocycles. The lowest BCUT2D eigenvalue weighted by molar-refractivity contribution is 0.0549. The molecular weight excluding hydrogens is 190 g/mol. The summed E-state index contributed by atoms with van der Waals surface area (Å²) in [5, 5.41) is 9.57. The first-order chi connectivity index (χ1) is 7.10. The first-order valence-electron chi connectivity index (χ1n) is 5.36. The first kappa shape index (κ1) is 10.4. The van der Waals surface area contributed by atoms with Crippen molar-refractivity contribution in [3.63, 3.8) is 0 Å². The Morgan fingerprint density at radius 3 is 2.60 bits per heavy atom. The van der Waals surface area contributed by atoms with E-state index < -0.39 is 0 Å². The number of pyridine rings is 1. The zero-order chi connectivity index (χ0) is 10.9. The van der Waals surface area contributed by atoms with Gasteiger partial charge in [-0.1, -0.05) is 6.92 Å². The van der Waals surface area contributed by atoms with Crippen LogP contribution in [0.1, 0.15) is 31.2 Å². The fourth-order valence-corrected chi connectivity index (χ4v) is 2.04. The predicted octanol–water partition coefficient (Wildman–Crippen LogP) is 2.16. The van der Waals surface area contributed by atoms with Gasteiger partial charge >= 0.3 is 0 Å². The van der Waals surface area contributed by atoms with E-state index in [2.05, 4.69) is 11.9 Å². The summed E-state index contributed by atoms with van der Waals surface area (Å²) in [6.45, 7) is 5.67. The molecule has 1 saturated heterocycles.